The Morgan fingerprint density at radius 1 is 1.25 bits per heavy atom. The largest absolute Gasteiger partial charge is 0.202 e. The summed E-state index contributed by atoms with van der Waals surface area (Å²) in [4.78, 5) is 0. The maximum atomic E-state index is 6.50. The van der Waals surface area contributed by atoms with E-state index in [1.807, 2.05) is 0 Å². The molecule has 0 heterocycles. The monoisotopic (exact) mass is 145 g/mol. The van der Waals surface area contributed by atoms with Crippen LogP contribution in [0.2, 0.25) is 0 Å². The van der Waals surface area contributed by atoms with E-state index >= 15 is 0 Å². The van der Waals surface area contributed by atoms with Crippen LogP contribution < -0.4 is 0 Å². The van der Waals surface area contributed by atoms with Crippen molar-refractivity contribution in [1.82, 2.24) is 0 Å². The molecule has 0 aromatic carbocycles. The average molecular weight is 146 g/mol. The first kappa shape index (κ1) is 24.1. The van der Waals surface area contributed by atoms with Crippen molar-refractivity contribution in [2.75, 3.05) is 0 Å². The van der Waals surface area contributed by atoms with Crippen molar-refractivity contribution in [3.63, 3.8) is 0 Å². The van der Waals surface area contributed by atoms with Crippen molar-refractivity contribution in [3.05, 3.63) is 0 Å². The first-order valence-electron chi connectivity index (χ1n) is 0.258. The molecule has 0 aliphatic rings. The molecule has 0 fully saturated rings. The molecule has 0 unspecified atom stereocenters. The second-order valence-corrected chi connectivity index (χ2v) is 0. The van der Waals surface area contributed by atoms with E-state index in [-0.39, 0.29) is 34.1 Å². The van der Waals surface area contributed by atoms with Gasteiger partial charge in [0.15, 0.2) is 0 Å². The van der Waals surface area contributed by atoms with E-state index in [1.54, 1.807) is 0 Å². The minimum atomic E-state index is 0. The van der Waals surface area contributed by atoms with Gasteiger partial charge in [-0.3, -0.25) is 0 Å². The van der Waals surface area contributed by atoms with Crippen LogP contribution in [0.5, 0.6) is 0 Å². The second kappa shape index (κ2) is 80.7. The van der Waals surface area contributed by atoms with Gasteiger partial charge in [-0.05, 0) is 0 Å². The van der Waals surface area contributed by atoms with Crippen LogP contribution in [0.25, 0.3) is 0 Å². The van der Waals surface area contributed by atoms with Crippen molar-refractivity contribution in [3.8, 4) is 6.57 Å². The van der Waals surface area contributed by atoms with E-state index in [2.05, 4.69) is 6.57 Å². The molecule has 0 rings (SSSR count). The summed E-state index contributed by atoms with van der Waals surface area (Å²) in [7, 11) is 0. The fraction of sp³-hybridized carbons (Fsp3) is 0. The van der Waals surface area contributed by atoms with Gasteiger partial charge >= 0.3 is 0 Å². The summed E-state index contributed by atoms with van der Waals surface area (Å²) in [5.41, 5.74) is 0. The van der Waals surface area contributed by atoms with E-state index in [0.717, 1.165) is 0 Å². The molecule has 0 N–H and O–H groups in total. The van der Waals surface area contributed by atoms with Gasteiger partial charge in [0.1, 0.15) is 0 Å². The predicted molar refractivity (Wildman–Crippen MR) is 6.67 cm³/mol. The Bertz CT molecular complexity index is 12.8. The Labute approximate surface area is 46.3 Å². The molecule has 0 saturated heterocycles. The molecule has 0 bridgehead atoms. The smallest absolute Gasteiger partial charge is 0.0462 e. The molecule has 0 spiro atoms. The minimum Gasteiger partial charge on any atom is -0.202 e. The zero-order valence-corrected chi connectivity index (χ0v) is 3.83. The van der Waals surface area contributed by atoms with E-state index in [1.165, 1.54) is 0 Å². The normalized spacial score (nSPS) is 0.500. The van der Waals surface area contributed by atoms with E-state index in [0.29, 0.717) is 0 Å². The predicted octanol–water partition coefficient (Wildman–Crippen LogP) is 0.135. The molecular weight excluding hydrogens is 145 g/mol. The molecule has 2 radical (unpaired) electrons. The third kappa shape index (κ3) is 21.1. The van der Waals surface area contributed by atoms with Crippen molar-refractivity contribution in [2.24, 2.45) is 0 Å². The van der Waals surface area contributed by atoms with Crippen LogP contribution in [0.3, 0.4) is 0 Å². The molecule has 1 nitrogen and oxygen atoms in total. The van der Waals surface area contributed by atoms with Gasteiger partial charge in [-0.25, -0.2) is 5.26 Å². The number of nitrogens with zero attached hydrogens (tertiary/aromatic N) is 1. The van der Waals surface area contributed by atoms with Gasteiger partial charge < -0.3 is 0 Å². The zero-order chi connectivity index (χ0) is 2.00. The van der Waals surface area contributed by atoms with Crippen LogP contribution in [0.4, 0.5) is 0 Å². The molecule has 0 aliphatic carbocycles. The molecule has 3 heteroatoms. The van der Waals surface area contributed by atoms with Crippen LogP contribution in [0.15, 0.2) is 0 Å². The van der Waals surface area contributed by atoms with Gasteiger partial charge in [0.05, 0.1) is 0 Å². The summed E-state index contributed by atoms with van der Waals surface area (Å²) in [5.74, 6) is 0. The molecule has 0 aromatic rings. The summed E-state index contributed by atoms with van der Waals surface area (Å²) in [5, 5.41) is 6.50. The Morgan fingerprint density at radius 3 is 1.25 bits per heavy atom. The third-order valence-corrected chi connectivity index (χ3v) is 0. The fourth-order valence-corrected chi connectivity index (χ4v) is 0. The standard InChI is InChI=1S/CHN.Cu.Mn/c1-2;;/h1H;;. The zero-order valence-electron chi connectivity index (χ0n) is 1.70. The summed E-state index contributed by atoms with van der Waals surface area (Å²) in [6.07, 6.45) is 0. The molecule has 4 heavy (non-hydrogen) atoms. The van der Waals surface area contributed by atoms with Crippen LogP contribution in [0.1, 0.15) is 0 Å². The Hall–Kier alpha value is 0.529. The molecule has 0 aliphatic heterocycles. The Kier molecular flexibility index (Phi) is 487. The van der Waals surface area contributed by atoms with Gasteiger partial charge in [0.25, 0.3) is 0 Å². The molecule has 28 valence electrons. The van der Waals surface area contributed by atoms with Gasteiger partial charge in [-0.15, -0.1) is 0 Å². The topological polar surface area (TPSA) is 23.8 Å². The number of nitriles is 1. The Balaban J connectivity index is -0.00000000500. The van der Waals surface area contributed by atoms with Crippen LogP contribution in [-0.2, 0) is 34.1 Å². The number of rotatable bonds is 0. The van der Waals surface area contributed by atoms with E-state index < -0.39 is 0 Å². The minimum absolute atomic E-state index is 0. The quantitative estimate of drug-likeness (QED) is 0.445. The second-order valence-electron chi connectivity index (χ2n) is 0. The van der Waals surface area contributed by atoms with Crippen molar-refractivity contribution < 1.29 is 34.1 Å². The summed E-state index contributed by atoms with van der Waals surface area (Å²) >= 11 is 0. The van der Waals surface area contributed by atoms with Crippen molar-refractivity contribution in [1.29, 1.82) is 5.26 Å². The van der Waals surface area contributed by atoms with Crippen molar-refractivity contribution >= 4 is 0 Å². The molecule has 0 atom stereocenters. The fourth-order valence-electron chi connectivity index (χ4n) is 0. The Morgan fingerprint density at radius 2 is 1.25 bits per heavy atom. The van der Waals surface area contributed by atoms with Gasteiger partial charge in [0, 0.05) is 40.7 Å². The van der Waals surface area contributed by atoms with E-state index in [4.69, 9.17) is 5.26 Å². The van der Waals surface area contributed by atoms with E-state index in [9.17, 15) is 0 Å². The summed E-state index contributed by atoms with van der Waals surface area (Å²) in [6.45, 7) is 3.50. The molecular formula is CHCuMnN. The number of hydrogen-bond acceptors (Lipinski definition) is 1. The summed E-state index contributed by atoms with van der Waals surface area (Å²) < 4.78 is 0. The van der Waals surface area contributed by atoms with Crippen LogP contribution >= 0.6 is 0 Å². The maximum Gasteiger partial charge on any atom is 0.0462 e. The van der Waals surface area contributed by atoms with Gasteiger partial charge in [0.2, 0.25) is 0 Å². The van der Waals surface area contributed by atoms with Crippen LogP contribution in [0, 0.1) is 11.8 Å². The SMILES string of the molecule is C#N.[Cu].[Mn]. The number of hydrogen-bond donors (Lipinski definition) is 0. The first-order chi connectivity index (χ1) is 1.00. The average Bonchev–Trinajstić information content (AvgIpc) is 1.00. The molecule has 0 aromatic heterocycles. The first-order valence-corrected chi connectivity index (χ1v) is 0.258. The van der Waals surface area contributed by atoms with Gasteiger partial charge in [-0.1, -0.05) is 0 Å². The third-order valence-electron chi connectivity index (χ3n) is 0. The van der Waals surface area contributed by atoms with Crippen LogP contribution in [-0.4, -0.2) is 0 Å². The molecule has 0 amide bonds. The summed E-state index contributed by atoms with van der Waals surface area (Å²) in [6, 6.07) is 0. The molecule has 0 saturated carbocycles. The maximum absolute atomic E-state index is 6.50. The van der Waals surface area contributed by atoms with Crippen molar-refractivity contribution in [2.45, 2.75) is 0 Å². The van der Waals surface area contributed by atoms with Gasteiger partial charge in [-0.2, -0.15) is 0 Å².